The summed E-state index contributed by atoms with van der Waals surface area (Å²) in [6.45, 7) is 9.12. The molecule has 2 unspecified atom stereocenters. The van der Waals surface area contributed by atoms with Crippen LogP contribution in [0.15, 0.2) is 79.9 Å². The molecule has 44 heavy (non-hydrogen) atoms. The number of benzene rings is 2. The van der Waals surface area contributed by atoms with Crippen LogP contribution in [-0.2, 0) is 25.7 Å². The van der Waals surface area contributed by atoms with E-state index in [2.05, 4.69) is 13.2 Å². The maximum Gasteiger partial charge on any atom is 0.253 e. The van der Waals surface area contributed by atoms with Crippen LogP contribution < -0.4 is 9.64 Å². The number of fused-ring (bicyclic) bond motifs is 1. The maximum atomic E-state index is 14.6. The Kier molecular flexibility index (Phi) is 9.86. The molecule has 5 atom stereocenters. The molecule has 0 saturated carbocycles. The fraction of sp³-hybridized carbons (Fsp3) is 0.457. The van der Waals surface area contributed by atoms with Gasteiger partial charge in [-0.2, -0.15) is 0 Å². The van der Waals surface area contributed by atoms with Crippen LogP contribution in [0, 0.1) is 11.8 Å². The molecule has 3 saturated heterocycles. The van der Waals surface area contributed by atoms with E-state index in [0.29, 0.717) is 63.2 Å². The van der Waals surface area contributed by atoms with Gasteiger partial charge >= 0.3 is 0 Å². The number of nitrogens with zero attached hydrogens (tertiary/aromatic N) is 3. The van der Waals surface area contributed by atoms with Gasteiger partial charge in [0.1, 0.15) is 17.4 Å². The van der Waals surface area contributed by atoms with Crippen LogP contribution in [0.3, 0.4) is 0 Å². The molecule has 0 radical (unpaired) electrons. The highest BCUT2D eigenvalue weighted by Gasteiger charge is 2.74. The van der Waals surface area contributed by atoms with E-state index >= 15 is 0 Å². The Morgan fingerprint density at radius 1 is 1.05 bits per heavy atom. The smallest absolute Gasteiger partial charge is 0.253 e. The molecule has 3 amide bonds. The van der Waals surface area contributed by atoms with Gasteiger partial charge in [-0.15, -0.1) is 13.2 Å². The minimum atomic E-state index is -1.10. The normalized spacial score (nSPS) is 25.0. The Labute approximate surface area is 259 Å². The highest BCUT2D eigenvalue weighted by atomic mass is 16.5. The minimum Gasteiger partial charge on any atom is -0.497 e. The fourth-order valence-corrected chi connectivity index (χ4v) is 7.29. The summed E-state index contributed by atoms with van der Waals surface area (Å²) in [4.78, 5) is 48.4. The molecular formula is C35H43N3O6. The predicted molar refractivity (Wildman–Crippen MR) is 168 cm³/mol. The van der Waals surface area contributed by atoms with E-state index in [9.17, 15) is 19.5 Å². The summed E-state index contributed by atoms with van der Waals surface area (Å²) < 4.78 is 12.0. The molecule has 3 aliphatic rings. The Morgan fingerprint density at radius 3 is 2.43 bits per heavy atom. The number of aliphatic hydroxyl groups is 1. The van der Waals surface area contributed by atoms with Crippen molar-refractivity contribution in [2.45, 2.75) is 56.4 Å². The van der Waals surface area contributed by atoms with Crippen molar-refractivity contribution in [3.05, 3.63) is 85.5 Å². The highest BCUT2D eigenvalue weighted by molar-refractivity contribution is 6.05. The van der Waals surface area contributed by atoms with Gasteiger partial charge < -0.3 is 29.3 Å². The lowest BCUT2D eigenvalue weighted by atomic mass is 9.70. The summed E-state index contributed by atoms with van der Waals surface area (Å²) in [5.41, 5.74) is 0.537. The third-order valence-corrected chi connectivity index (χ3v) is 9.22. The number of ether oxygens (including phenoxy) is 2. The number of anilines is 1. The number of carbonyl (C=O) groups is 3. The maximum absolute atomic E-state index is 14.6. The first-order chi connectivity index (χ1) is 21.4. The third-order valence-electron chi connectivity index (χ3n) is 9.22. The lowest BCUT2D eigenvalue weighted by Crippen LogP contribution is -2.56. The molecule has 0 aliphatic carbocycles. The molecule has 2 bridgehead atoms. The monoisotopic (exact) mass is 601 g/mol. The standard InChI is InChI=1S/C35H43N3O6/c1-4-20-36(24-25-12-8-6-9-13-25)32(40)29-28-18-19-35(44-28)30(29)33(41)38(22-10-7-11-23-39)31(35)34(42)37(21-5-2)26-14-16-27(43-3)17-15-26/h4-6,8-9,12-17,28-31,39H,1-2,7,10-11,18-24H2,3H3/t28-,29+,30+,31?,35?/m1/s1. The van der Waals surface area contributed by atoms with Gasteiger partial charge in [0.05, 0.1) is 25.0 Å². The van der Waals surface area contributed by atoms with Gasteiger partial charge in [0.15, 0.2) is 0 Å². The van der Waals surface area contributed by atoms with Gasteiger partial charge in [0.2, 0.25) is 11.8 Å². The predicted octanol–water partition coefficient (Wildman–Crippen LogP) is 3.97. The number of hydrogen-bond donors (Lipinski definition) is 1. The average Bonchev–Trinajstić information content (AvgIpc) is 3.69. The van der Waals surface area contributed by atoms with Crippen LogP contribution in [0.1, 0.15) is 37.7 Å². The van der Waals surface area contributed by atoms with Crippen molar-refractivity contribution >= 4 is 23.4 Å². The van der Waals surface area contributed by atoms with Crippen LogP contribution in [0.4, 0.5) is 5.69 Å². The lowest BCUT2D eigenvalue weighted by molar-refractivity contribution is -0.145. The molecule has 2 aromatic rings. The number of unbranched alkanes of at least 4 members (excludes halogenated alkanes) is 2. The molecule has 5 rings (SSSR count). The minimum absolute atomic E-state index is 0.0649. The molecule has 2 aromatic carbocycles. The van der Waals surface area contributed by atoms with Crippen molar-refractivity contribution < 1.29 is 29.0 Å². The van der Waals surface area contributed by atoms with Gasteiger partial charge in [-0.3, -0.25) is 14.4 Å². The SMILES string of the molecule is C=CCN(Cc1ccccc1)C(=O)[C@@H]1[C@H]2C(=O)N(CCCCCO)C(C(=O)N(CC=C)c3ccc(OC)cc3)C23CC[C@H]1O3. The van der Waals surface area contributed by atoms with Gasteiger partial charge in [-0.05, 0) is 61.9 Å². The van der Waals surface area contributed by atoms with Crippen molar-refractivity contribution in [2.24, 2.45) is 11.8 Å². The van der Waals surface area contributed by atoms with Gasteiger partial charge in [-0.25, -0.2) is 0 Å². The number of likely N-dealkylation sites (tertiary alicyclic amines) is 1. The van der Waals surface area contributed by atoms with Crippen molar-refractivity contribution in [3.8, 4) is 5.75 Å². The van der Waals surface area contributed by atoms with Crippen LogP contribution in [0.25, 0.3) is 0 Å². The Hall–Kier alpha value is -3.95. The first-order valence-corrected chi connectivity index (χ1v) is 15.5. The number of rotatable bonds is 15. The van der Waals surface area contributed by atoms with Crippen LogP contribution in [-0.4, -0.2) is 83.7 Å². The number of methoxy groups -OCH3 is 1. The average molecular weight is 602 g/mol. The third kappa shape index (κ3) is 5.78. The molecule has 9 heteroatoms. The van der Waals surface area contributed by atoms with Crippen LogP contribution >= 0.6 is 0 Å². The highest BCUT2D eigenvalue weighted by Crippen LogP contribution is 2.59. The largest absolute Gasteiger partial charge is 0.497 e. The van der Waals surface area contributed by atoms with Crippen molar-refractivity contribution in [3.63, 3.8) is 0 Å². The molecular weight excluding hydrogens is 558 g/mol. The quantitative estimate of drug-likeness (QED) is 0.245. The van der Waals surface area contributed by atoms with Crippen LogP contribution in [0.5, 0.6) is 5.75 Å². The molecule has 3 heterocycles. The van der Waals surface area contributed by atoms with Gasteiger partial charge in [-0.1, -0.05) is 42.5 Å². The zero-order valence-corrected chi connectivity index (χ0v) is 25.5. The Morgan fingerprint density at radius 2 is 1.77 bits per heavy atom. The molecule has 3 aliphatic heterocycles. The first-order valence-electron chi connectivity index (χ1n) is 15.5. The van der Waals surface area contributed by atoms with Crippen molar-refractivity contribution in [1.29, 1.82) is 0 Å². The second-order valence-electron chi connectivity index (χ2n) is 11.8. The van der Waals surface area contributed by atoms with E-state index in [-0.39, 0.29) is 30.9 Å². The Bertz CT molecular complexity index is 1350. The van der Waals surface area contributed by atoms with Crippen molar-refractivity contribution in [1.82, 2.24) is 9.80 Å². The van der Waals surface area contributed by atoms with E-state index in [1.165, 1.54) is 0 Å². The zero-order chi connectivity index (χ0) is 31.3. The van der Waals surface area contributed by atoms with Crippen molar-refractivity contribution in [2.75, 3.05) is 38.3 Å². The summed E-state index contributed by atoms with van der Waals surface area (Å²) in [5, 5.41) is 9.33. The summed E-state index contributed by atoms with van der Waals surface area (Å²) in [6.07, 6.45) is 5.98. The van der Waals surface area contributed by atoms with Crippen LogP contribution in [0.2, 0.25) is 0 Å². The number of carbonyl (C=O) groups excluding carboxylic acids is 3. The van der Waals surface area contributed by atoms with Gasteiger partial charge in [0, 0.05) is 38.5 Å². The zero-order valence-electron chi connectivity index (χ0n) is 25.5. The first kappa shape index (κ1) is 31.5. The lowest BCUT2D eigenvalue weighted by Gasteiger charge is -2.37. The van der Waals surface area contributed by atoms with E-state index in [1.807, 2.05) is 42.5 Å². The van der Waals surface area contributed by atoms with E-state index < -0.39 is 29.6 Å². The van der Waals surface area contributed by atoms with Gasteiger partial charge in [0.25, 0.3) is 5.91 Å². The summed E-state index contributed by atoms with van der Waals surface area (Å²) in [6, 6.07) is 16.1. The van der Waals surface area contributed by atoms with E-state index in [1.54, 1.807) is 46.1 Å². The molecule has 0 aromatic heterocycles. The summed E-state index contributed by atoms with van der Waals surface area (Å²) in [7, 11) is 1.58. The summed E-state index contributed by atoms with van der Waals surface area (Å²) in [5.74, 6) is -1.39. The molecule has 3 fully saturated rings. The number of amides is 3. The fourth-order valence-electron chi connectivity index (χ4n) is 7.29. The molecule has 1 spiro atoms. The van der Waals surface area contributed by atoms with E-state index in [4.69, 9.17) is 9.47 Å². The number of hydrogen-bond acceptors (Lipinski definition) is 6. The Balaban J connectivity index is 1.50. The molecule has 9 nitrogen and oxygen atoms in total. The topological polar surface area (TPSA) is 99.6 Å². The second-order valence-corrected chi connectivity index (χ2v) is 11.8. The molecule has 234 valence electrons. The van der Waals surface area contributed by atoms with E-state index in [0.717, 1.165) is 5.56 Å². The molecule has 1 N–H and O–H groups in total. The number of aliphatic hydroxyl groups excluding tert-OH is 1. The second kappa shape index (κ2) is 13.8. The summed E-state index contributed by atoms with van der Waals surface area (Å²) >= 11 is 0.